The Bertz CT molecular complexity index is 344. The molecule has 4 heteroatoms. The van der Waals surface area contributed by atoms with E-state index in [1.165, 1.54) is 11.3 Å². The quantitative estimate of drug-likeness (QED) is 0.480. The van der Waals surface area contributed by atoms with Gasteiger partial charge in [-0.25, -0.2) is 0 Å². The molecule has 0 aromatic heterocycles. The van der Waals surface area contributed by atoms with E-state index in [2.05, 4.69) is 28.1 Å². The van der Waals surface area contributed by atoms with E-state index in [1.54, 1.807) is 0 Å². The minimum absolute atomic E-state index is 0.752. The summed E-state index contributed by atoms with van der Waals surface area (Å²) in [5.41, 5.74) is 0. The van der Waals surface area contributed by atoms with Crippen molar-refractivity contribution in [2.45, 2.75) is 17.7 Å². The second-order valence-corrected chi connectivity index (χ2v) is 5.51. The molecule has 0 bridgehead atoms. The fraction of sp³-hybridized carbons (Fsp3) is 0.500. The zero-order valence-electron chi connectivity index (χ0n) is 9.08. The van der Waals surface area contributed by atoms with Crippen molar-refractivity contribution in [3.05, 3.63) is 18.2 Å². The first-order valence-corrected chi connectivity index (χ1v) is 7.59. The lowest BCUT2D eigenvalue weighted by atomic mass is 10.3. The number of hydrogen-bond donors (Lipinski definition) is 0. The molecule has 1 heterocycles. The Morgan fingerprint density at radius 3 is 2.81 bits per heavy atom. The molecule has 0 atom stereocenters. The van der Waals surface area contributed by atoms with Gasteiger partial charge in [-0.2, -0.15) is 0 Å². The Morgan fingerprint density at radius 1 is 1.19 bits per heavy atom. The van der Waals surface area contributed by atoms with Crippen LogP contribution in [0.2, 0.25) is 0 Å². The molecule has 0 unspecified atom stereocenters. The van der Waals surface area contributed by atoms with Crippen molar-refractivity contribution in [2.24, 2.45) is 0 Å². The van der Waals surface area contributed by atoms with E-state index in [0.717, 1.165) is 42.2 Å². The zero-order valence-corrected chi connectivity index (χ0v) is 11.5. The molecular weight excluding hydrogens is 288 g/mol. The molecule has 0 N–H and O–H groups in total. The Morgan fingerprint density at radius 2 is 2.00 bits per heavy atom. The first-order valence-electron chi connectivity index (χ1n) is 5.48. The SMILES string of the molecule is BrCCCSc1ccc2c(c1)OCCCO2. The molecule has 2 rings (SSSR count). The zero-order chi connectivity index (χ0) is 11.2. The van der Waals surface area contributed by atoms with E-state index >= 15 is 0 Å². The van der Waals surface area contributed by atoms with Crippen molar-refractivity contribution in [1.29, 1.82) is 0 Å². The fourth-order valence-corrected chi connectivity index (χ4v) is 3.01. The van der Waals surface area contributed by atoms with Crippen LogP contribution >= 0.6 is 27.7 Å². The molecule has 0 spiro atoms. The monoisotopic (exact) mass is 302 g/mol. The van der Waals surface area contributed by atoms with Crippen molar-refractivity contribution >= 4 is 27.7 Å². The summed E-state index contributed by atoms with van der Waals surface area (Å²) in [6, 6.07) is 6.20. The van der Waals surface area contributed by atoms with Crippen LogP contribution in [0.4, 0.5) is 0 Å². The molecule has 1 aliphatic rings. The summed E-state index contributed by atoms with van der Waals surface area (Å²) in [5, 5.41) is 1.06. The van der Waals surface area contributed by atoms with Gasteiger partial charge >= 0.3 is 0 Å². The third kappa shape index (κ3) is 3.32. The highest BCUT2D eigenvalue weighted by Gasteiger charge is 2.10. The lowest BCUT2D eigenvalue weighted by molar-refractivity contribution is 0.297. The van der Waals surface area contributed by atoms with E-state index in [1.807, 2.05) is 17.8 Å². The number of thioether (sulfide) groups is 1. The average Bonchev–Trinajstić information content (AvgIpc) is 2.54. The third-order valence-electron chi connectivity index (χ3n) is 2.27. The summed E-state index contributed by atoms with van der Waals surface area (Å²) in [6.07, 6.45) is 2.14. The van der Waals surface area contributed by atoms with Crippen LogP contribution in [0.5, 0.6) is 11.5 Å². The van der Waals surface area contributed by atoms with Crippen LogP contribution < -0.4 is 9.47 Å². The van der Waals surface area contributed by atoms with Gasteiger partial charge in [0, 0.05) is 16.6 Å². The average molecular weight is 303 g/mol. The largest absolute Gasteiger partial charge is 0.490 e. The molecule has 0 radical (unpaired) electrons. The summed E-state index contributed by atoms with van der Waals surface area (Å²) < 4.78 is 11.2. The molecule has 0 saturated carbocycles. The van der Waals surface area contributed by atoms with Crippen LogP contribution in [0.25, 0.3) is 0 Å². The van der Waals surface area contributed by atoms with E-state index < -0.39 is 0 Å². The maximum Gasteiger partial charge on any atom is 0.162 e. The van der Waals surface area contributed by atoms with Gasteiger partial charge in [-0.15, -0.1) is 11.8 Å². The molecular formula is C12H15BrO2S. The van der Waals surface area contributed by atoms with Crippen LogP contribution in [0.3, 0.4) is 0 Å². The standard InChI is InChI=1S/C12H15BrO2S/c13-5-1-8-16-10-3-4-11-12(9-10)15-7-2-6-14-11/h3-4,9H,1-2,5-8H2. The Kier molecular flexibility index (Phi) is 4.85. The molecule has 0 amide bonds. The number of rotatable bonds is 4. The summed E-state index contributed by atoms with van der Waals surface area (Å²) in [5.74, 6) is 2.90. The number of halogens is 1. The van der Waals surface area contributed by atoms with E-state index in [4.69, 9.17) is 9.47 Å². The second kappa shape index (κ2) is 6.40. The number of hydrogen-bond acceptors (Lipinski definition) is 3. The Labute approximate surface area is 109 Å². The number of ether oxygens (including phenoxy) is 2. The van der Waals surface area contributed by atoms with Crippen LogP contribution in [0, 0.1) is 0 Å². The highest BCUT2D eigenvalue weighted by Crippen LogP contribution is 2.33. The van der Waals surface area contributed by atoms with Crippen LogP contribution in [0.15, 0.2) is 23.1 Å². The summed E-state index contributed by atoms with van der Waals surface area (Å²) in [7, 11) is 0. The minimum atomic E-state index is 0.752. The van der Waals surface area contributed by atoms with Gasteiger partial charge in [0.15, 0.2) is 11.5 Å². The predicted molar refractivity (Wildman–Crippen MR) is 71.2 cm³/mol. The van der Waals surface area contributed by atoms with Gasteiger partial charge < -0.3 is 9.47 Å². The highest BCUT2D eigenvalue weighted by molar-refractivity contribution is 9.09. The molecule has 0 aliphatic carbocycles. The summed E-state index contributed by atoms with van der Waals surface area (Å²) >= 11 is 5.29. The van der Waals surface area contributed by atoms with Crippen LogP contribution in [-0.4, -0.2) is 24.3 Å². The molecule has 88 valence electrons. The van der Waals surface area contributed by atoms with Gasteiger partial charge in [-0.05, 0) is 30.4 Å². The van der Waals surface area contributed by atoms with Crippen molar-refractivity contribution in [3.8, 4) is 11.5 Å². The number of fused-ring (bicyclic) bond motifs is 1. The normalized spacial score (nSPS) is 14.6. The summed E-state index contributed by atoms with van der Waals surface area (Å²) in [6.45, 7) is 1.51. The second-order valence-electron chi connectivity index (χ2n) is 3.55. The maximum absolute atomic E-state index is 5.65. The van der Waals surface area contributed by atoms with Gasteiger partial charge in [0.05, 0.1) is 13.2 Å². The first kappa shape index (κ1) is 12.1. The van der Waals surface area contributed by atoms with Gasteiger partial charge in [-0.3, -0.25) is 0 Å². The lowest BCUT2D eigenvalue weighted by Gasteiger charge is -2.08. The van der Waals surface area contributed by atoms with Crippen LogP contribution in [-0.2, 0) is 0 Å². The van der Waals surface area contributed by atoms with Gasteiger partial charge in [-0.1, -0.05) is 15.9 Å². The van der Waals surface area contributed by atoms with E-state index in [9.17, 15) is 0 Å². The smallest absolute Gasteiger partial charge is 0.162 e. The molecule has 0 fully saturated rings. The first-order chi connectivity index (χ1) is 7.90. The van der Waals surface area contributed by atoms with Crippen molar-refractivity contribution < 1.29 is 9.47 Å². The highest BCUT2D eigenvalue weighted by atomic mass is 79.9. The van der Waals surface area contributed by atoms with Crippen molar-refractivity contribution in [1.82, 2.24) is 0 Å². The molecule has 2 nitrogen and oxygen atoms in total. The fourth-order valence-electron chi connectivity index (χ4n) is 1.48. The Hall–Kier alpha value is -0.350. The minimum Gasteiger partial charge on any atom is -0.490 e. The van der Waals surface area contributed by atoms with Crippen LogP contribution in [0.1, 0.15) is 12.8 Å². The van der Waals surface area contributed by atoms with Crippen molar-refractivity contribution in [3.63, 3.8) is 0 Å². The van der Waals surface area contributed by atoms with Gasteiger partial charge in [0.25, 0.3) is 0 Å². The van der Waals surface area contributed by atoms with Gasteiger partial charge in [0.2, 0.25) is 0 Å². The molecule has 0 saturated heterocycles. The predicted octanol–water partition coefficient (Wildman–Crippen LogP) is 3.73. The number of alkyl halides is 1. The topological polar surface area (TPSA) is 18.5 Å². The molecule has 1 aliphatic heterocycles. The molecule has 1 aromatic rings. The molecule has 1 aromatic carbocycles. The molecule has 16 heavy (non-hydrogen) atoms. The lowest BCUT2D eigenvalue weighted by Crippen LogP contribution is -1.97. The maximum atomic E-state index is 5.65. The summed E-state index contributed by atoms with van der Waals surface area (Å²) in [4.78, 5) is 1.25. The van der Waals surface area contributed by atoms with E-state index in [0.29, 0.717) is 0 Å². The third-order valence-corrected chi connectivity index (χ3v) is 3.91. The Balaban J connectivity index is 2.02. The van der Waals surface area contributed by atoms with E-state index in [-0.39, 0.29) is 0 Å². The van der Waals surface area contributed by atoms with Gasteiger partial charge in [0.1, 0.15) is 0 Å². The number of benzene rings is 1. The van der Waals surface area contributed by atoms with Crippen molar-refractivity contribution in [2.75, 3.05) is 24.3 Å².